The Balaban J connectivity index is 1.17. The van der Waals surface area contributed by atoms with Gasteiger partial charge in [-0.05, 0) is 54.0 Å². The summed E-state index contributed by atoms with van der Waals surface area (Å²) in [6.45, 7) is 2.56. The van der Waals surface area contributed by atoms with Gasteiger partial charge in [0, 0.05) is 45.1 Å². The zero-order chi connectivity index (χ0) is 29.8. The standard InChI is InChI=1S/C35H35N3O5/c39-30-22-32(43-31-14-7-6-13-28(30)31)34(41)36-29(21-24-9-2-1-3-10-24)35(42)37-19-16-25(17-20-37)27-12-5-4-11-26(27)23-38-18-8-15-33(38)40/h1-7,9-14,22,25,29H,8,15-21,23H2,(H,36,41)/t29-/m1/s1. The lowest BCUT2D eigenvalue weighted by molar-refractivity contribution is -0.134. The molecule has 2 fully saturated rings. The SMILES string of the molecule is O=C(N[C@H](Cc1ccccc1)C(=O)N1CCC(c2ccccc2CN2CCCC2=O)CC1)c1cc(=O)c2ccccc2o1. The number of hydrogen-bond acceptors (Lipinski definition) is 5. The first-order valence-corrected chi connectivity index (χ1v) is 15.0. The molecule has 1 N–H and O–H groups in total. The molecule has 3 amide bonds. The van der Waals surface area contributed by atoms with Crippen molar-refractivity contribution in [1.29, 1.82) is 0 Å². The number of nitrogens with one attached hydrogen (secondary N) is 1. The molecule has 3 aromatic carbocycles. The lowest BCUT2D eigenvalue weighted by Crippen LogP contribution is -2.51. The van der Waals surface area contributed by atoms with Crippen LogP contribution in [0.2, 0.25) is 0 Å². The highest BCUT2D eigenvalue weighted by Gasteiger charge is 2.32. The van der Waals surface area contributed by atoms with E-state index in [1.54, 1.807) is 24.3 Å². The molecule has 0 aliphatic carbocycles. The summed E-state index contributed by atoms with van der Waals surface area (Å²) in [5, 5.41) is 3.26. The molecule has 220 valence electrons. The molecule has 0 saturated carbocycles. The van der Waals surface area contributed by atoms with Crippen molar-refractivity contribution in [2.75, 3.05) is 19.6 Å². The summed E-state index contributed by atoms with van der Waals surface area (Å²) in [6, 6.07) is 25.0. The Labute approximate surface area is 250 Å². The van der Waals surface area contributed by atoms with Gasteiger partial charge in [0.1, 0.15) is 11.6 Å². The van der Waals surface area contributed by atoms with Crippen molar-refractivity contribution in [2.45, 2.75) is 50.6 Å². The van der Waals surface area contributed by atoms with Crippen molar-refractivity contribution < 1.29 is 18.8 Å². The summed E-state index contributed by atoms with van der Waals surface area (Å²) >= 11 is 0. The minimum absolute atomic E-state index is 0.124. The van der Waals surface area contributed by atoms with E-state index < -0.39 is 11.9 Å². The van der Waals surface area contributed by atoms with Gasteiger partial charge in [0.2, 0.25) is 11.8 Å². The number of carbonyl (C=O) groups is 3. The van der Waals surface area contributed by atoms with E-state index in [9.17, 15) is 19.2 Å². The maximum atomic E-state index is 13.9. The predicted molar refractivity (Wildman–Crippen MR) is 164 cm³/mol. The van der Waals surface area contributed by atoms with Crippen molar-refractivity contribution in [1.82, 2.24) is 15.1 Å². The van der Waals surface area contributed by atoms with Crippen molar-refractivity contribution in [3.63, 3.8) is 0 Å². The van der Waals surface area contributed by atoms with Crippen LogP contribution in [-0.4, -0.2) is 53.2 Å². The van der Waals surface area contributed by atoms with Gasteiger partial charge >= 0.3 is 0 Å². The Morgan fingerprint density at radius 3 is 2.37 bits per heavy atom. The zero-order valence-corrected chi connectivity index (χ0v) is 24.0. The molecule has 2 saturated heterocycles. The number of carbonyl (C=O) groups excluding carboxylic acids is 3. The fraction of sp³-hybridized carbons (Fsp3) is 0.314. The monoisotopic (exact) mass is 577 g/mol. The highest BCUT2D eigenvalue weighted by molar-refractivity contribution is 5.96. The molecule has 2 aliphatic heterocycles. The molecule has 1 aromatic heterocycles. The third-order valence-corrected chi connectivity index (χ3v) is 8.58. The summed E-state index contributed by atoms with van der Waals surface area (Å²) in [5.74, 6) is -0.384. The largest absolute Gasteiger partial charge is 0.451 e. The number of rotatable bonds is 8. The van der Waals surface area contributed by atoms with Crippen molar-refractivity contribution in [2.24, 2.45) is 0 Å². The number of para-hydroxylation sites is 1. The number of benzene rings is 3. The summed E-state index contributed by atoms with van der Waals surface area (Å²) in [7, 11) is 0. The maximum Gasteiger partial charge on any atom is 0.287 e. The van der Waals surface area contributed by atoms with Crippen molar-refractivity contribution >= 4 is 28.7 Å². The number of amides is 3. The molecule has 0 bridgehead atoms. The molecule has 8 heteroatoms. The summed E-state index contributed by atoms with van der Waals surface area (Å²) < 4.78 is 5.75. The molecule has 43 heavy (non-hydrogen) atoms. The Morgan fingerprint density at radius 2 is 1.60 bits per heavy atom. The number of likely N-dealkylation sites (tertiary alicyclic amines) is 2. The molecule has 0 unspecified atom stereocenters. The van der Waals surface area contributed by atoms with Gasteiger partial charge in [0.15, 0.2) is 11.2 Å². The number of nitrogens with zero attached hydrogens (tertiary/aromatic N) is 2. The van der Waals surface area contributed by atoms with Crippen LogP contribution in [0.25, 0.3) is 11.0 Å². The van der Waals surface area contributed by atoms with Crippen LogP contribution in [0.5, 0.6) is 0 Å². The van der Waals surface area contributed by atoms with Crippen LogP contribution in [0.1, 0.15) is 58.8 Å². The topological polar surface area (TPSA) is 99.9 Å². The Hall–Kier alpha value is -4.72. The highest BCUT2D eigenvalue weighted by atomic mass is 16.3. The smallest absolute Gasteiger partial charge is 0.287 e. The van der Waals surface area contributed by atoms with Gasteiger partial charge in [-0.25, -0.2) is 0 Å². The third kappa shape index (κ3) is 6.38. The lowest BCUT2D eigenvalue weighted by Gasteiger charge is -2.35. The molecule has 0 spiro atoms. The molecule has 6 rings (SSSR count). The number of piperidine rings is 1. The summed E-state index contributed by atoms with van der Waals surface area (Å²) in [5.41, 5.74) is 3.35. The van der Waals surface area contributed by atoms with Gasteiger partial charge in [-0.1, -0.05) is 66.7 Å². The average Bonchev–Trinajstić information content (AvgIpc) is 3.45. The van der Waals surface area contributed by atoms with E-state index in [1.165, 1.54) is 17.2 Å². The average molecular weight is 578 g/mol. The van der Waals surface area contributed by atoms with Gasteiger partial charge in [-0.2, -0.15) is 0 Å². The predicted octanol–water partition coefficient (Wildman–Crippen LogP) is 4.66. The number of hydrogen-bond donors (Lipinski definition) is 1. The van der Waals surface area contributed by atoms with Crippen molar-refractivity contribution in [3.8, 4) is 0 Å². The third-order valence-electron chi connectivity index (χ3n) is 8.58. The van der Waals surface area contributed by atoms with Gasteiger partial charge in [0.25, 0.3) is 5.91 Å². The highest BCUT2D eigenvalue weighted by Crippen LogP contribution is 2.32. The molecule has 8 nitrogen and oxygen atoms in total. The summed E-state index contributed by atoms with van der Waals surface area (Å²) in [6.07, 6.45) is 3.44. The van der Waals surface area contributed by atoms with Crippen LogP contribution in [0.4, 0.5) is 0 Å². The first-order valence-electron chi connectivity index (χ1n) is 15.0. The first kappa shape index (κ1) is 28.4. The first-order chi connectivity index (χ1) is 21.0. The van der Waals surface area contributed by atoms with E-state index in [0.717, 1.165) is 31.4 Å². The quantitative estimate of drug-likeness (QED) is 0.328. The Morgan fingerprint density at radius 1 is 0.884 bits per heavy atom. The van der Waals surface area contributed by atoms with Gasteiger partial charge < -0.3 is 19.5 Å². The molecular weight excluding hydrogens is 542 g/mol. The summed E-state index contributed by atoms with van der Waals surface area (Å²) in [4.78, 5) is 55.9. The molecular formula is C35H35N3O5. The molecule has 1 atom stereocenters. The normalized spacial score (nSPS) is 16.4. The van der Waals surface area contributed by atoms with E-state index in [0.29, 0.717) is 43.4 Å². The van der Waals surface area contributed by atoms with Crippen LogP contribution in [0, 0.1) is 0 Å². The van der Waals surface area contributed by atoms with Gasteiger partial charge in [0.05, 0.1) is 5.39 Å². The van der Waals surface area contributed by atoms with E-state index in [2.05, 4.69) is 17.4 Å². The fourth-order valence-corrected chi connectivity index (χ4v) is 6.28. The minimum Gasteiger partial charge on any atom is -0.451 e. The zero-order valence-electron chi connectivity index (χ0n) is 24.0. The van der Waals surface area contributed by atoms with Crippen LogP contribution in [-0.2, 0) is 22.6 Å². The van der Waals surface area contributed by atoms with E-state index in [1.807, 2.05) is 52.3 Å². The second-order valence-corrected chi connectivity index (χ2v) is 11.4. The van der Waals surface area contributed by atoms with Crippen LogP contribution in [0.15, 0.2) is 94.1 Å². The Bertz CT molecular complexity index is 1690. The lowest BCUT2D eigenvalue weighted by atomic mass is 9.86. The van der Waals surface area contributed by atoms with E-state index in [4.69, 9.17) is 4.42 Å². The van der Waals surface area contributed by atoms with Crippen LogP contribution < -0.4 is 10.7 Å². The van der Waals surface area contributed by atoms with Gasteiger partial charge in [-0.3, -0.25) is 19.2 Å². The van der Waals surface area contributed by atoms with Crippen LogP contribution >= 0.6 is 0 Å². The van der Waals surface area contributed by atoms with Gasteiger partial charge in [-0.15, -0.1) is 0 Å². The number of fused-ring (bicyclic) bond motifs is 1. The fourth-order valence-electron chi connectivity index (χ4n) is 6.28. The second-order valence-electron chi connectivity index (χ2n) is 11.4. The molecule has 2 aliphatic rings. The molecule has 4 aromatic rings. The second kappa shape index (κ2) is 12.7. The van der Waals surface area contributed by atoms with Crippen LogP contribution in [0.3, 0.4) is 0 Å². The van der Waals surface area contributed by atoms with Crippen molar-refractivity contribution in [3.05, 3.63) is 118 Å². The molecule has 3 heterocycles. The minimum atomic E-state index is -0.823. The Kier molecular flexibility index (Phi) is 8.36. The van der Waals surface area contributed by atoms with E-state index >= 15 is 0 Å². The van der Waals surface area contributed by atoms with E-state index in [-0.39, 0.29) is 28.9 Å². The molecule has 0 radical (unpaired) electrons. The maximum absolute atomic E-state index is 13.9.